The molecule has 0 atom stereocenters. The van der Waals surface area contributed by atoms with Crippen LogP contribution in [-0.4, -0.2) is 15.0 Å². The average Bonchev–Trinajstić information content (AvgIpc) is 3.31. The molecule has 11 aromatic rings. The van der Waals surface area contributed by atoms with Crippen LogP contribution in [0.4, 0.5) is 0 Å². The largest absolute Gasteiger partial charge is 0.208 e. The Morgan fingerprint density at radius 1 is 0.224 bits per heavy atom. The highest BCUT2D eigenvalue weighted by atomic mass is 15.0. The van der Waals surface area contributed by atoms with E-state index in [9.17, 15) is 0 Å². The van der Waals surface area contributed by atoms with Gasteiger partial charge in [-0.2, -0.15) is 0 Å². The molecule has 0 N–H and O–H groups in total. The molecular formula is C55H35N3. The molecule has 11 rings (SSSR count). The van der Waals surface area contributed by atoms with Gasteiger partial charge in [0.05, 0.1) is 0 Å². The first-order valence-electron chi connectivity index (χ1n) is 19.7. The third-order valence-corrected chi connectivity index (χ3v) is 11.3. The van der Waals surface area contributed by atoms with E-state index in [-0.39, 0.29) is 0 Å². The molecule has 0 amide bonds. The average molecular weight is 738 g/mol. The summed E-state index contributed by atoms with van der Waals surface area (Å²) in [6, 6.07) is 75.3. The van der Waals surface area contributed by atoms with Crippen LogP contribution >= 0.6 is 0 Å². The van der Waals surface area contributed by atoms with Gasteiger partial charge in [0, 0.05) is 16.7 Å². The highest BCUT2D eigenvalue weighted by molar-refractivity contribution is 6.21. The Balaban J connectivity index is 1.13. The monoisotopic (exact) mass is 737 g/mol. The summed E-state index contributed by atoms with van der Waals surface area (Å²) in [5, 5.41) is 9.70. The number of nitrogens with zero attached hydrogens (tertiary/aromatic N) is 3. The van der Waals surface area contributed by atoms with E-state index in [0.29, 0.717) is 17.5 Å². The first kappa shape index (κ1) is 33.6. The minimum Gasteiger partial charge on any atom is -0.208 e. The van der Waals surface area contributed by atoms with Gasteiger partial charge in [-0.3, -0.25) is 0 Å². The van der Waals surface area contributed by atoms with E-state index >= 15 is 0 Å². The van der Waals surface area contributed by atoms with Crippen molar-refractivity contribution in [3.05, 3.63) is 212 Å². The van der Waals surface area contributed by atoms with E-state index in [2.05, 4.69) is 206 Å². The Hall–Kier alpha value is -7.75. The first-order chi connectivity index (χ1) is 28.7. The van der Waals surface area contributed by atoms with E-state index in [0.717, 1.165) is 38.9 Å². The van der Waals surface area contributed by atoms with Crippen molar-refractivity contribution in [1.82, 2.24) is 15.0 Å². The number of rotatable bonds is 6. The minimum atomic E-state index is 0.622. The summed E-state index contributed by atoms with van der Waals surface area (Å²) in [4.78, 5) is 15.9. The Labute approximate surface area is 336 Å². The second-order valence-corrected chi connectivity index (χ2v) is 14.8. The zero-order valence-electron chi connectivity index (χ0n) is 31.5. The van der Waals surface area contributed by atoms with Crippen molar-refractivity contribution in [2.45, 2.75) is 0 Å². The summed E-state index contributed by atoms with van der Waals surface area (Å²) in [6.07, 6.45) is 0. The van der Waals surface area contributed by atoms with Crippen LogP contribution in [0.15, 0.2) is 212 Å². The van der Waals surface area contributed by atoms with Gasteiger partial charge in [-0.05, 0) is 88.6 Å². The van der Waals surface area contributed by atoms with Gasteiger partial charge in [-0.25, -0.2) is 15.0 Å². The molecule has 1 heterocycles. The molecule has 3 heteroatoms. The van der Waals surface area contributed by atoms with E-state index in [4.69, 9.17) is 15.0 Å². The summed E-state index contributed by atoms with van der Waals surface area (Å²) >= 11 is 0. The topological polar surface area (TPSA) is 38.7 Å². The highest BCUT2D eigenvalue weighted by Gasteiger charge is 2.20. The Kier molecular flexibility index (Phi) is 8.15. The van der Waals surface area contributed by atoms with Crippen molar-refractivity contribution in [2.24, 2.45) is 0 Å². The molecule has 0 bridgehead atoms. The normalized spacial score (nSPS) is 11.4. The summed E-state index contributed by atoms with van der Waals surface area (Å²) in [6.45, 7) is 0. The number of aromatic nitrogens is 3. The quantitative estimate of drug-likeness (QED) is 0.126. The van der Waals surface area contributed by atoms with E-state index < -0.39 is 0 Å². The predicted octanol–water partition coefficient (Wildman–Crippen LogP) is 14.5. The SMILES string of the molecule is c1ccc(-c2ccccc2-c2nc(-c3ccc(-c4ccc5ccccc5c4)cc3)nc(-c3ccccc3-c3c4ccccc4cc4c3ccc3ccccc34)n2)cc1. The summed E-state index contributed by atoms with van der Waals surface area (Å²) < 4.78 is 0. The van der Waals surface area contributed by atoms with Crippen molar-refractivity contribution in [3.8, 4) is 67.5 Å². The zero-order valence-corrected chi connectivity index (χ0v) is 31.5. The van der Waals surface area contributed by atoms with Gasteiger partial charge in [0.1, 0.15) is 0 Å². The molecular weight excluding hydrogens is 703 g/mol. The molecule has 0 saturated carbocycles. The van der Waals surface area contributed by atoms with Crippen LogP contribution in [0, 0.1) is 0 Å². The van der Waals surface area contributed by atoms with Crippen molar-refractivity contribution >= 4 is 43.1 Å². The predicted molar refractivity (Wildman–Crippen MR) is 242 cm³/mol. The lowest BCUT2D eigenvalue weighted by Crippen LogP contribution is -2.02. The van der Waals surface area contributed by atoms with Crippen molar-refractivity contribution in [2.75, 3.05) is 0 Å². The van der Waals surface area contributed by atoms with Crippen molar-refractivity contribution < 1.29 is 0 Å². The Morgan fingerprint density at radius 3 is 1.50 bits per heavy atom. The van der Waals surface area contributed by atoms with Gasteiger partial charge >= 0.3 is 0 Å². The van der Waals surface area contributed by atoms with Crippen molar-refractivity contribution in [3.63, 3.8) is 0 Å². The minimum absolute atomic E-state index is 0.622. The molecule has 58 heavy (non-hydrogen) atoms. The maximum Gasteiger partial charge on any atom is 0.164 e. The fourth-order valence-electron chi connectivity index (χ4n) is 8.48. The third kappa shape index (κ3) is 5.89. The van der Waals surface area contributed by atoms with Crippen LogP contribution in [0.3, 0.4) is 0 Å². The molecule has 0 fully saturated rings. The summed E-state index contributed by atoms with van der Waals surface area (Å²) in [7, 11) is 0. The lowest BCUT2D eigenvalue weighted by Gasteiger charge is -2.17. The lowest BCUT2D eigenvalue weighted by atomic mass is 9.88. The number of hydrogen-bond acceptors (Lipinski definition) is 3. The number of fused-ring (bicyclic) bond motifs is 5. The fourth-order valence-corrected chi connectivity index (χ4v) is 8.48. The molecule has 0 radical (unpaired) electrons. The van der Waals surface area contributed by atoms with Gasteiger partial charge in [0.25, 0.3) is 0 Å². The van der Waals surface area contributed by atoms with Crippen LogP contribution in [0.1, 0.15) is 0 Å². The van der Waals surface area contributed by atoms with E-state index in [1.54, 1.807) is 0 Å². The molecule has 0 aliphatic carbocycles. The second-order valence-electron chi connectivity index (χ2n) is 14.8. The maximum absolute atomic E-state index is 5.35. The highest BCUT2D eigenvalue weighted by Crippen LogP contribution is 2.43. The molecule has 10 aromatic carbocycles. The summed E-state index contributed by atoms with van der Waals surface area (Å²) in [5.74, 6) is 1.87. The first-order valence-corrected chi connectivity index (χ1v) is 19.7. The standard InChI is InChI=1S/C55H35N3/c1-2-15-38(16-3-1)44-20-10-12-24-49(44)54-56-53(40-29-26-37(27-30-40)42-31-28-36-14-4-5-18-41(36)34-42)57-55(58-54)50-25-13-11-23-47(50)52-46-22-9-7-19-43(46)35-51-45-21-8-6-17-39(45)32-33-48(51)52/h1-35H. The smallest absolute Gasteiger partial charge is 0.164 e. The van der Waals surface area contributed by atoms with E-state index in [1.165, 1.54) is 54.2 Å². The molecule has 1 aromatic heterocycles. The number of hydrogen-bond donors (Lipinski definition) is 0. The van der Waals surface area contributed by atoms with Gasteiger partial charge < -0.3 is 0 Å². The van der Waals surface area contributed by atoms with Crippen LogP contribution in [0.25, 0.3) is 111 Å². The Morgan fingerprint density at radius 2 is 0.741 bits per heavy atom. The second kappa shape index (κ2) is 14.1. The van der Waals surface area contributed by atoms with Crippen LogP contribution in [-0.2, 0) is 0 Å². The molecule has 3 nitrogen and oxygen atoms in total. The van der Waals surface area contributed by atoms with Crippen molar-refractivity contribution in [1.29, 1.82) is 0 Å². The van der Waals surface area contributed by atoms with E-state index in [1.807, 2.05) is 6.07 Å². The molecule has 0 unspecified atom stereocenters. The van der Waals surface area contributed by atoms with Gasteiger partial charge in [-0.1, -0.05) is 200 Å². The summed E-state index contributed by atoms with van der Waals surface area (Å²) in [5.41, 5.74) is 9.55. The third-order valence-electron chi connectivity index (χ3n) is 11.3. The molecule has 270 valence electrons. The lowest BCUT2D eigenvalue weighted by molar-refractivity contribution is 1.07. The fraction of sp³-hybridized carbons (Fsp3) is 0. The van der Waals surface area contributed by atoms with Gasteiger partial charge in [0.2, 0.25) is 0 Å². The number of benzene rings is 10. The van der Waals surface area contributed by atoms with Crippen LogP contribution in [0.5, 0.6) is 0 Å². The molecule has 0 saturated heterocycles. The molecule has 0 aliphatic rings. The molecule has 0 aliphatic heterocycles. The maximum atomic E-state index is 5.35. The van der Waals surface area contributed by atoms with Crippen LogP contribution in [0.2, 0.25) is 0 Å². The zero-order chi connectivity index (χ0) is 38.4. The molecule has 0 spiro atoms. The van der Waals surface area contributed by atoms with Crippen LogP contribution < -0.4 is 0 Å². The van der Waals surface area contributed by atoms with Gasteiger partial charge in [0.15, 0.2) is 17.5 Å². The Bertz CT molecular complexity index is 3330. The van der Waals surface area contributed by atoms with Gasteiger partial charge in [-0.15, -0.1) is 0 Å².